The molecule has 150 valence electrons. The van der Waals surface area contributed by atoms with Gasteiger partial charge in [0.2, 0.25) is 5.91 Å². The SMILES string of the molecule is CC1CN(S(=O)(=O)N2CCN(C(=O)CCC3CCNC3)CC2)CC(C)O1. The van der Waals surface area contributed by atoms with Gasteiger partial charge in [0.25, 0.3) is 10.2 Å². The molecule has 3 saturated heterocycles. The Balaban J connectivity index is 1.48. The lowest BCUT2D eigenvalue weighted by Gasteiger charge is -2.40. The number of piperazine rings is 1. The molecule has 0 spiro atoms. The zero-order chi connectivity index (χ0) is 18.7. The topological polar surface area (TPSA) is 82.2 Å². The quantitative estimate of drug-likeness (QED) is 0.710. The van der Waals surface area contributed by atoms with Gasteiger partial charge >= 0.3 is 0 Å². The largest absolute Gasteiger partial charge is 0.373 e. The van der Waals surface area contributed by atoms with Gasteiger partial charge in [-0.2, -0.15) is 17.0 Å². The number of nitrogens with zero attached hydrogens (tertiary/aromatic N) is 3. The van der Waals surface area contributed by atoms with Crippen LogP contribution >= 0.6 is 0 Å². The third-order valence-corrected chi connectivity index (χ3v) is 7.53. The monoisotopic (exact) mass is 388 g/mol. The molecule has 3 rings (SSSR count). The van der Waals surface area contributed by atoms with Crippen LogP contribution in [0.3, 0.4) is 0 Å². The Hall–Kier alpha value is -0.740. The highest BCUT2D eigenvalue weighted by molar-refractivity contribution is 7.86. The van der Waals surface area contributed by atoms with E-state index in [1.807, 2.05) is 18.7 Å². The molecule has 26 heavy (non-hydrogen) atoms. The Kier molecular flexibility index (Phi) is 6.55. The van der Waals surface area contributed by atoms with Gasteiger partial charge in [0.1, 0.15) is 0 Å². The number of hydrogen-bond acceptors (Lipinski definition) is 5. The van der Waals surface area contributed by atoms with Crippen molar-refractivity contribution < 1.29 is 17.9 Å². The Morgan fingerprint density at radius 2 is 1.73 bits per heavy atom. The average Bonchev–Trinajstić information content (AvgIpc) is 3.12. The molecule has 1 N–H and O–H groups in total. The number of carbonyl (C=O) groups is 1. The van der Waals surface area contributed by atoms with Crippen LogP contribution in [-0.4, -0.2) is 92.4 Å². The molecule has 1 amide bonds. The fraction of sp³-hybridized carbons (Fsp3) is 0.941. The van der Waals surface area contributed by atoms with Crippen molar-refractivity contribution in [2.24, 2.45) is 5.92 Å². The molecule has 0 aliphatic carbocycles. The van der Waals surface area contributed by atoms with E-state index in [1.54, 1.807) is 0 Å². The predicted molar refractivity (Wildman–Crippen MR) is 98.9 cm³/mol. The van der Waals surface area contributed by atoms with Crippen molar-refractivity contribution in [2.45, 2.75) is 45.3 Å². The van der Waals surface area contributed by atoms with Crippen LogP contribution in [0.5, 0.6) is 0 Å². The third kappa shape index (κ3) is 4.75. The van der Waals surface area contributed by atoms with Gasteiger partial charge in [-0.3, -0.25) is 4.79 Å². The lowest BCUT2D eigenvalue weighted by atomic mass is 10.0. The Morgan fingerprint density at radius 3 is 2.31 bits per heavy atom. The third-order valence-electron chi connectivity index (χ3n) is 5.56. The van der Waals surface area contributed by atoms with Crippen molar-refractivity contribution in [1.29, 1.82) is 0 Å². The molecule has 3 aliphatic heterocycles. The van der Waals surface area contributed by atoms with Crippen molar-refractivity contribution >= 4 is 16.1 Å². The first-order valence-corrected chi connectivity index (χ1v) is 11.1. The van der Waals surface area contributed by atoms with Crippen LogP contribution in [0.2, 0.25) is 0 Å². The first-order chi connectivity index (χ1) is 12.4. The number of morpholine rings is 1. The average molecular weight is 389 g/mol. The summed E-state index contributed by atoms with van der Waals surface area (Å²) in [5, 5.41) is 3.32. The molecule has 3 aliphatic rings. The normalized spacial score (nSPS) is 32.1. The minimum absolute atomic E-state index is 0.0959. The summed E-state index contributed by atoms with van der Waals surface area (Å²) in [5.41, 5.74) is 0. The molecule has 0 bridgehead atoms. The Bertz CT molecular complexity index is 576. The fourth-order valence-electron chi connectivity index (χ4n) is 4.10. The molecule has 0 radical (unpaired) electrons. The van der Waals surface area contributed by atoms with Crippen molar-refractivity contribution in [2.75, 3.05) is 52.4 Å². The van der Waals surface area contributed by atoms with E-state index in [-0.39, 0.29) is 18.1 Å². The van der Waals surface area contributed by atoms with Gasteiger partial charge in [0.15, 0.2) is 0 Å². The molecule has 9 heteroatoms. The van der Waals surface area contributed by atoms with Crippen LogP contribution in [0.1, 0.15) is 33.1 Å². The lowest BCUT2D eigenvalue weighted by Crippen LogP contribution is -2.57. The maximum Gasteiger partial charge on any atom is 0.282 e. The highest BCUT2D eigenvalue weighted by atomic mass is 32.2. The van der Waals surface area contributed by atoms with Gasteiger partial charge in [-0.15, -0.1) is 0 Å². The molecule has 0 saturated carbocycles. The standard InChI is InChI=1S/C17H32N4O4S/c1-14-12-21(13-15(2)25-14)26(23,24)20-9-7-19(8-10-20)17(22)4-3-16-5-6-18-11-16/h14-16,18H,3-13H2,1-2H3. The van der Waals surface area contributed by atoms with Gasteiger partial charge in [-0.1, -0.05) is 0 Å². The van der Waals surface area contributed by atoms with Crippen LogP contribution in [0.25, 0.3) is 0 Å². The van der Waals surface area contributed by atoms with Crippen LogP contribution in [0.15, 0.2) is 0 Å². The second-order valence-electron chi connectivity index (χ2n) is 7.76. The molecule has 8 nitrogen and oxygen atoms in total. The minimum Gasteiger partial charge on any atom is -0.373 e. The van der Waals surface area contributed by atoms with E-state index in [9.17, 15) is 13.2 Å². The smallest absolute Gasteiger partial charge is 0.282 e. The molecule has 0 aromatic rings. The minimum atomic E-state index is -3.48. The predicted octanol–water partition coefficient (Wildman–Crippen LogP) is -0.126. The van der Waals surface area contributed by atoms with E-state index in [2.05, 4.69) is 5.32 Å². The highest BCUT2D eigenvalue weighted by Gasteiger charge is 2.37. The first-order valence-electron chi connectivity index (χ1n) is 9.75. The number of nitrogens with one attached hydrogen (secondary N) is 1. The zero-order valence-electron chi connectivity index (χ0n) is 15.9. The van der Waals surface area contributed by atoms with Gasteiger partial charge in [-0.25, -0.2) is 0 Å². The molecule has 3 unspecified atom stereocenters. The summed E-state index contributed by atoms with van der Waals surface area (Å²) in [5.74, 6) is 0.758. The summed E-state index contributed by atoms with van der Waals surface area (Å²) in [6, 6.07) is 0. The summed E-state index contributed by atoms with van der Waals surface area (Å²) >= 11 is 0. The van der Waals surface area contributed by atoms with E-state index in [0.29, 0.717) is 51.6 Å². The second-order valence-corrected chi connectivity index (χ2v) is 9.69. The Labute approximate surface area is 157 Å². The summed E-state index contributed by atoms with van der Waals surface area (Å²) in [7, 11) is -3.48. The molecular formula is C17H32N4O4S. The van der Waals surface area contributed by atoms with Crippen LogP contribution in [0.4, 0.5) is 0 Å². The number of carbonyl (C=O) groups excluding carboxylic acids is 1. The summed E-state index contributed by atoms with van der Waals surface area (Å²) in [6.07, 6.45) is 2.45. The fourth-order valence-corrected chi connectivity index (χ4v) is 5.85. The van der Waals surface area contributed by atoms with Crippen molar-refractivity contribution in [1.82, 2.24) is 18.8 Å². The number of hydrogen-bond donors (Lipinski definition) is 1. The van der Waals surface area contributed by atoms with E-state index < -0.39 is 10.2 Å². The number of amides is 1. The summed E-state index contributed by atoms with van der Waals surface area (Å²) in [6.45, 7) is 8.35. The van der Waals surface area contributed by atoms with E-state index >= 15 is 0 Å². The van der Waals surface area contributed by atoms with Crippen molar-refractivity contribution in [3.8, 4) is 0 Å². The lowest BCUT2D eigenvalue weighted by molar-refractivity contribution is -0.132. The van der Waals surface area contributed by atoms with Gasteiger partial charge in [0.05, 0.1) is 12.2 Å². The van der Waals surface area contributed by atoms with E-state index in [4.69, 9.17) is 4.74 Å². The van der Waals surface area contributed by atoms with Crippen LogP contribution < -0.4 is 5.32 Å². The summed E-state index contributed by atoms with van der Waals surface area (Å²) < 4.78 is 34.5. The number of ether oxygens (including phenoxy) is 1. The van der Waals surface area contributed by atoms with Gasteiger partial charge < -0.3 is 15.0 Å². The van der Waals surface area contributed by atoms with E-state index in [0.717, 1.165) is 25.9 Å². The maximum absolute atomic E-state index is 12.9. The van der Waals surface area contributed by atoms with Crippen molar-refractivity contribution in [3.05, 3.63) is 0 Å². The van der Waals surface area contributed by atoms with Gasteiger partial charge in [-0.05, 0) is 45.7 Å². The molecule has 0 aromatic carbocycles. The molecule has 3 atom stereocenters. The highest BCUT2D eigenvalue weighted by Crippen LogP contribution is 2.20. The van der Waals surface area contributed by atoms with Crippen LogP contribution in [0, 0.1) is 5.92 Å². The number of rotatable bonds is 5. The van der Waals surface area contributed by atoms with Gasteiger partial charge in [0, 0.05) is 45.7 Å². The molecule has 0 aromatic heterocycles. The maximum atomic E-state index is 12.9. The summed E-state index contributed by atoms with van der Waals surface area (Å²) in [4.78, 5) is 14.2. The van der Waals surface area contributed by atoms with Crippen LogP contribution in [-0.2, 0) is 19.7 Å². The molecule has 3 heterocycles. The second kappa shape index (κ2) is 8.52. The van der Waals surface area contributed by atoms with E-state index in [1.165, 1.54) is 8.61 Å². The molecule has 3 fully saturated rings. The van der Waals surface area contributed by atoms with Crippen molar-refractivity contribution in [3.63, 3.8) is 0 Å². The first kappa shape index (κ1) is 20.0. The zero-order valence-corrected chi connectivity index (χ0v) is 16.7. The molecular weight excluding hydrogens is 356 g/mol. The Morgan fingerprint density at radius 1 is 1.08 bits per heavy atom.